The molecule has 1 atom stereocenters. The van der Waals surface area contributed by atoms with Gasteiger partial charge in [0, 0.05) is 9.90 Å². The predicted octanol–water partition coefficient (Wildman–Crippen LogP) is 4.86. The van der Waals surface area contributed by atoms with Crippen LogP contribution in [0.1, 0.15) is 23.4 Å². The van der Waals surface area contributed by atoms with Crippen molar-refractivity contribution in [2.45, 2.75) is 13.0 Å². The molecule has 1 unspecified atom stereocenters. The van der Waals surface area contributed by atoms with Gasteiger partial charge in [-0.1, -0.05) is 30.7 Å². The van der Waals surface area contributed by atoms with E-state index in [1.54, 1.807) is 11.3 Å². The fourth-order valence-corrected chi connectivity index (χ4v) is 3.38. The average Bonchev–Trinajstić information content (AvgIpc) is 2.74. The van der Waals surface area contributed by atoms with E-state index in [9.17, 15) is 0 Å². The molecule has 0 radical (unpaired) electrons. The Kier molecular flexibility index (Phi) is 4.62. The largest absolute Gasteiger partial charge is 0.306 e. The van der Waals surface area contributed by atoms with Gasteiger partial charge in [-0.2, -0.15) is 0 Å². The van der Waals surface area contributed by atoms with Crippen molar-refractivity contribution in [3.63, 3.8) is 0 Å². The quantitative estimate of drug-likeness (QED) is 0.844. The fourth-order valence-electron chi connectivity index (χ4n) is 1.73. The van der Waals surface area contributed by atoms with Crippen molar-refractivity contribution in [3.05, 3.63) is 55.6 Å². The van der Waals surface area contributed by atoms with E-state index in [0.29, 0.717) is 0 Å². The molecule has 0 bridgehead atoms. The van der Waals surface area contributed by atoms with Gasteiger partial charge in [0.05, 0.1) is 9.83 Å². The van der Waals surface area contributed by atoms with Crippen molar-refractivity contribution < 1.29 is 0 Å². The minimum absolute atomic E-state index is 0.244. The first-order valence-corrected chi connectivity index (χ1v) is 7.43. The summed E-state index contributed by atoms with van der Waals surface area (Å²) in [7, 11) is 0. The maximum atomic E-state index is 5.92. The SMILES string of the molecule is CCNC(c1ccc(Cl)cc1)c1ccc(Br)s1. The number of benzene rings is 1. The van der Waals surface area contributed by atoms with Gasteiger partial charge in [0.15, 0.2) is 0 Å². The average molecular weight is 331 g/mol. The van der Waals surface area contributed by atoms with Crippen LogP contribution in [0.5, 0.6) is 0 Å². The molecule has 90 valence electrons. The second-order valence-electron chi connectivity index (χ2n) is 3.68. The van der Waals surface area contributed by atoms with E-state index >= 15 is 0 Å². The van der Waals surface area contributed by atoms with Crippen molar-refractivity contribution in [3.8, 4) is 0 Å². The van der Waals surface area contributed by atoms with Crippen molar-refractivity contribution in [2.24, 2.45) is 0 Å². The number of thiophene rings is 1. The standard InChI is InChI=1S/C13H13BrClNS/c1-2-16-13(11-7-8-12(14)17-11)9-3-5-10(15)6-4-9/h3-8,13,16H,2H2,1H3. The summed E-state index contributed by atoms with van der Waals surface area (Å²) in [6.07, 6.45) is 0. The Bertz CT molecular complexity index is 480. The highest BCUT2D eigenvalue weighted by molar-refractivity contribution is 9.11. The summed E-state index contributed by atoms with van der Waals surface area (Å²) in [5, 5.41) is 4.27. The molecule has 1 aromatic heterocycles. The zero-order valence-electron chi connectivity index (χ0n) is 9.41. The van der Waals surface area contributed by atoms with Gasteiger partial charge in [-0.15, -0.1) is 11.3 Å². The molecule has 1 N–H and O–H groups in total. The maximum Gasteiger partial charge on any atom is 0.0702 e. The lowest BCUT2D eigenvalue weighted by molar-refractivity contribution is 0.640. The molecule has 0 fully saturated rings. The Hall–Kier alpha value is -0.350. The zero-order chi connectivity index (χ0) is 12.3. The lowest BCUT2D eigenvalue weighted by Crippen LogP contribution is -2.20. The Morgan fingerprint density at radius 2 is 1.94 bits per heavy atom. The number of hydrogen-bond acceptors (Lipinski definition) is 2. The van der Waals surface area contributed by atoms with Crippen LogP contribution < -0.4 is 5.32 Å². The summed E-state index contributed by atoms with van der Waals surface area (Å²) in [5.41, 5.74) is 1.24. The maximum absolute atomic E-state index is 5.92. The highest BCUT2D eigenvalue weighted by atomic mass is 79.9. The first kappa shape index (κ1) is 13.1. The van der Waals surface area contributed by atoms with E-state index in [1.165, 1.54) is 10.4 Å². The second-order valence-corrected chi connectivity index (χ2v) is 6.62. The van der Waals surface area contributed by atoms with E-state index in [-0.39, 0.29) is 6.04 Å². The van der Waals surface area contributed by atoms with Crippen LogP contribution in [-0.4, -0.2) is 6.54 Å². The molecule has 1 nitrogen and oxygen atoms in total. The summed E-state index contributed by atoms with van der Waals surface area (Å²) in [6.45, 7) is 3.05. The zero-order valence-corrected chi connectivity index (χ0v) is 12.6. The Morgan fingerprint density at radius 3 is 2.47 bits per heavy atom. The smallest absolute Gasteiger partial charge is 0.0702 e. The first-order chi connectivity index (χ1) is 8.20. The van der Waals surface area contributed by atoms with Gasteiger partial charge in [0.1, 0.15) is 0 Å². The Balaban J connectivity index is 2.31. The van der Waals surface area contributed by atoms with Gasteiger partial charge in [-0.05, 0) is 52.3 Å². The van der Waals surface area contributed by atoms with Crippen molar-refractivity contribution in [1.29, 1.82) is 0 Å². The van der Waals surface area contributed by atoms with E-state index in [2.05, 4.69) is 52.4 Å². The summed E-state index contributed by atoms with van der Waals surface area (Å²) >= 11 is 11.2. The molecule has 0 aliphatic heterocycles. The molecule has 2 aromatic rings. The van der Waals surface area contributed by atoms with Crippen LogP contribution in [0.4, 0.5) is 0 Å². The molecule has 0 aliphatic rings. The third kappa shape index (κ3) is 3.32. The highest BCUT2D eigenvalue weighted by Crippen LogP contribution is 2.31. The van der Waals surface area contributed by atoms with Gasteiger partial charge in [0.25, 0.3) is 0 Å². The molecule has 2 rings (SSSR count). The normalized spacial score (nSPS) is 12.6. The monoisotopic (exact) mass is 329 g/mol. The van der Waals surface area contributed by atoms with Gasteiger partial charge in [0.2, 0.25) is 0 Å². The van der Waals surface area contributed by atoms with E-state index < -0.39 is 0 Å². The summed E-state index contributed by atoms with van der Waals surface area (Å²) in [6, 6.07) is 12.5. The third-order valence-corrected chi connectivity index (χ3v) is 4.43. The third-order valence-electron chi connectivity index (χ3n) is 2.49. The van der Waals surface area contributed by atoms with Crippen LogP contribution >= 0.6 is 38.9 Å². The number of nitrogens with one attached hydrogen (secondary N) is 1. The molecule has 1 aromatic carbocycles. The fraction of sp³-hybridized carbons (Fsp3) is 0.231. The van der Waals surface area contributed by atoms with Crippen LogP contribution in [0.3, 0.4) is 0 Å². The molecule has 1 heterocycles. The van der Waals surface area contributed by atoms with Crippen LogP contribution in [0.2, 0.25) is 5.02 Å². The predicted molar refractivity (Wildman–Crippen MR) is 79.0 cm³/mol. The summed E-state index contributed by atoms with van der Waals surface area (Å²) < 4.78 is 1.16. The molecule has 0 saturated heterocycles. The van der Waals surface area contributed by atoms with Crippen molar-refractivity contribution in [2.75, 3.05) is 6.54 Å². The molecule has 4 heteroatoms. The van der Waals surface area contributed by atoms with Gasteiger partial charge in [-0.25, -0.2) is 0 Å². The lowest BCUT2D eigenvalue weighted by Gasteiger charge is -2.16. The molecule has 0 amide bonds. The van der Waals surface area contributed by atoms with Crippen molar-refractivity contribution >= 4 is 38.9 Å². The minimum Gasteiger partial charge on any atom is -0.306 e. The van der Waals surface area contributed by atoms with Crippen LogP contribution in [0.15, 0.2) is 40.2 Å². The first-order valence-electron chi connectivity index (χ1n) is 5.44. The van der Waals surface area contributed by atoms with Crippen LogP contribution in [0.25, 0.3) is 0 Å². The van der Waals surface area contributed by atoms with E-state index in [0.717, 1.165) is 15.4 Å². The number of halogens is 2. The highest BCUT2D eigenvalue weighted by Gasteiger charge is 2.14. The Labute approximate surface area is 119 Å². The number of hydrogen-bond donors (Lipinski definition) is 1. The van der Waals surface area contributed by atoms with Crippen LogP contribution in [0, 0.1) is 0 Å². The molecule has 0 saturated carbocycles. The van der Waals surface area contributed by atoms with Gasteiger partial charge in [-0.3, -0.25) is 0 Å². The second kappa shape index (κ2) is 6.01. The topological polar surface area (TPSA) is 12.0 Å². The summed E-state index contributed by atoms with van der Waals surface area (Å²) in [5.74, 6) is 0. The molecule has 0 aliphatic carbocycles. The van der Waals surface area contributed by atoms with E-state index in [4.69, 9.17) is 11.6 Å². The lowest BCUT2D eigenvalue weighted by atomic mass is 10.1. The molecular weight excluding hydrogens is 318 g/mol. The molecule has 17 heavy (non-hydrogen) atoms. The van der Waals surface area contributed by atoms with Crippen molar-refractivity contribution in [1.82, 2.24) is 5.32 Å². The molecule has 0 spiro atoms. The number of rotatable bonds is 4. The minimum atomic E-state index is 0.244. The summed E-state index contributed by atoms with van der Waals surface area (Å²) in [4.78, 5) is 1.31. The van der Waals surface area contributed by atoms with Gasteiger partial charge < -0.3 is 5.32 Å². The molecular formula is C13H13BrClNS. The van der Waals surface area contributed by atoms with E-state index in [1.807, 2.05) is 12.1 Å². The van der Waals surface area contributed by atoms with Crippen LogP contribution in [-0.2, 0) is 0 Å². The Morgan fingerprint density at radius 1 is 1.24 bits per heavy atom. The van der Waals surface area contributed by atoms with Gasteiger partial charge >= 0.3 is 0 Å².